The van der Waals surface area contributed by atoms with Crippen molar-refractivity contribution in [2.75, 3.05) is 12.0 Å². The second-order valence-corrected chi connectivity index (χ2v) is 5.81. The van der Waals surface area contributed by atoms with Crippen molar-refractivity contribution in [2.24, 2.45) is 0 Å². The molecular weight excluding hydrogens is 334 g/mol. The number of nitriles is 1. The predicted molar refractivity (Wildman–Crippen MR) is 88.5 cm³/mol. The molecule has 0 aliphatic heterocycles. The summed E-state index contributed by atoms with van der Waals surface area (Å²) in [7, 11) is 0. The lowest BCUT2D eigenvalue weighted by molar-refractivity contribution is -0.384. The number of nitrogens with one attached hydrogen (secondary N) is 1. The highest BCUT2D eigenvalue weighted by molar-refractivity contribution is 7.98. The average molecular weight is 351 g/mol. The molecule has 1 rings (SSSR count). The van der Waals surface area contributed by atoms with E-state index in [2.05, 4.69) is 5.32 Å². The van der Waals surface area contributed by atoms with Crippen LogP contribution in [0.15, 0.2) is 24.3 Å². The molecule has 0 fully saturated rings. The summed E-state index contributed by atoms with van der Waals surface area (Å²) in [6, 6.07) is 6.05. The first-order valence-corrected chi connectivity index (χ1v) is 8.42. The van der Waals surface area contributed by atoms with E-state index in [0.717, 1.165) is 6.07 Å². The number of ether oxygens (including phenoxy) is 1. The fraction of sp³-hybridized carbons (Fsp3) is 0.400. The molecule has 0 heterocycles. The number of esters is 1. The number of carbonyl (C=O) groups is 2. The molecule has 0 aliphatic rings. The molecule has 1 aromatic rings. The maximum Gasteiger partial charge on any atom is 0.329 e. The Morgan fingerprint density at radius 1 is 1.50 bits per heavy atom. The Kier molecular flexibility index (Phi) is 7.71. The van der Waals surface area contributed by atoms with Gasteiger partial charge in [0, 0.05) is 17.7 Å². The molecule has 0 aliphatic carbocycles. The van der Waals surface area contributed by atoms with Gasteiger partial charge in [0.25, 0.3) is 11.6 Å². The van der Waals surface area contributed by atoms with Crippen molar-refractivity contribution in [1.82, 2.24) is 5.32 Å². The van der Waals surface area contributed by atoms with E-state index in [-0.39, 0.29) is 11.3 Å². The van der Waals surface area contributed by atoms with Crippen LogP contribution in [0, 0.1) is 21.4 Å². The van der Waals surface area contributed by atoms with Crippen LogP contribution in [-0.4, -0.2) is 41.0 Å². The normalized spacial score (nSPS) is 12.5. The van der Waals surface area contributed by atoms with Crippen LogP contribution in [0.4, 0.5) is 5.69 Å². The fourth-order valence-corrected chi connectivity index (χ4v) is 2.24. The van der Waals surface area contributed by atoms with Gasteiger partial charge in [0.1, 0.15) is 12.1 Å². The van der Waals surface area contributed by atoms with Gasteiger partial charge in [-0.05, 0) is 31.4 Å². The van der Waals surface area contributed by atoms with Gasteiger partial charge in [0.2, 0.25) is 0 Å². The zero-order valence-electron chi connectivity index (χ0n) is 13.2. The van der Waals surface area contributed by atoms with Crippen molar-refractivity contribution in [3.05, 3.63) is 39.9 Å². The minimum atomic E-state index is -0.931. The first-order valence-electron chi connectivity index (χ1n) is 7.03. The number of hydrogen-bond donors (Lipinski definition) is 1. The van der Waals surface area contributed by atoms with Gasteiger partial charge in [-0.25, -0.2) is 4.79 Å². The van der Waals surface area contributed by atoms with Crippen LogP contribution < -0.4 is 5.32 Å². The summed E-state index contributed by atoms with van der Waals surface area (Å²) < 4.78 is 4.93. The van der Waals surface area contributed by atoms with Crippen LogP contribution in [-0.2, 0) is 9.53 Å². The third-order valence-corrected chi connectivity index (χ3v) is 3.64. The molecule has 9 heteroatoms. The third-order valence-electron chi connectivity index (χ3n) is 2.99. The maximum atomic E-state index is 12.2. The molecule has 1 N–H and O–H groups in total. The number of rotatable bonds is 8. The minimum Gasteiger partial charge on any atom is -0.446 e. The van der Waals surface area contributed by atoms with Crippen molar-refractivity contribution in [1.29, 1.82) is 5.26 Å². The minimum absolute atomic E-state index is 0.0690. The highest BCUT2D eigenvalue weighted by Gasteiger charge is 2.24. The van der Waals surface area contributed by atoms with Crippen molar-refractivity contribution < 1.29 is 19.2 Å². The largest absolute Gasteiger partial charge is 0.446 e. The molecule has 0 bridgehead atoms. The number of nitro groups is 1. The first kappa shape index (κ1) is 19.4. The molecule has 1 aromatic carbocycles. The van der Waals surface area contributed by atoms with E-state index < -0.39 is 28.9 Å². The molecular formula is C15H17N3O5S. The SMILES string of the molecule is CSCC[C@@H](NC(=O)c1cccc([N+](=O)[O-])c1)C(=O)O[C@H](C)C#N. The molecule has 0 saturated carbocycles. The number of benzene rings is 1. The van der Waals surface area contributed by atoms with E-state index in [1.807, 2.05) is 6.26 Å². The third kappa shape index (κ3) is 5.89. The summed E-state index contributed by atoms with van der Waals surface area (Å²) in [4.78, 5) is 34.5. The Balaban J connectivity index is 2.87. The Labute approximate surface area is 143 Å². The van der Waals surface area contributed by atoms with Gasteiger partial charge in [0.15, 0.2) is 6.10 Å². The number of hydrogen-bond acceptors (Lipinski definition) is 7. The van der Waals surface area contributed by atoms with Crippen LogP contribution in [0.2, 0.25) is 0 Å². The summed E-state index contributed by atoms with van der Waals surface area (Å²) >= 11 is 1.49. The highest BCUT2D eigenvalue weighted by Crippen LogP contribution is 2.14. The highest BCUT2D eigenvalue weighted by atomic mass is 32.2. The predicted octanol–water partition coefficient (Wildman–Crippen LogP) is 1.90. The van der Waals surface area contributed by atoms with Crippen LogP contribution in [0.5, 0.6) is 0 Å². The standard InChI is InChI=1S/C15H17N3O5S/c1-10(9-16)23-15(20)13(6-7-24-2)17-14(19)11-4-3-5-12(8-11)18(21)22/h3-5,8,10,13H,6-7H2,1-2H3,(H,17,19)/t10-,13-/m1/s1. The Hall–Kier alpha value is -2.60. The number of nitro benzene ring substituents is 1. The van der Waals surface area contributed by atoms with Crippen LogP contribution in [0.1, 0.15) is 23.7 Å². The lowest BCUT2D eigenvalue weighted by Crippen LogP contribution is -2.43. The maximum absolute atomic E-state index is 12.2. The summed E-state index contributed by atoms with van der Waals surface area (Å²) in [6.07, 6.45) is 1.24. The quantitative estimate of drug-likeness (QED) is 0.431. The number of non-ortho nitro benzene ring substituents is 1. The smallest absolute Gasteiger partial charge is 0.329 e. The Morgan fingerprint density at radius 2 is 2.21 bits per heavy atom. The van der Waals surface area contributed by atoms with E-state index in [0.29, 0.717) is 12.2 Å². The molecule has 0 radical (unpaired) electrons. The van der Waals surface area contributed by atoms with Gasteiger partial charge >= 0.3 is 5.97 Å². The Morgan fingerprint density at radius 3 is 2.79 bits per heavy atom. The van der Waals surface area contributed by atoms with E-state index in [1.54, 1.807) is 6.07 Å². The molecule has 0 aromatic heterocycles. The van der Waals surface area contributed by atoms with Crippen LogP contribution in [0.25, 0.3) is 0 Å². The molecule has 128 valence electrons. The molecule has 1 amide bonds. The van der Waals surface area contributed by atoms with Crippen LogP contribution >= 0.6 is 11.8 Å². The van der Waals surface area contributed by atoms with Crippen molar-refractivity contribution in [2.45, 2.75) is 25.5 Å². The topological polar surface area (TPSA) is 122 Å². The molecule has 2 atom stereocenters. The molecule has 0 saturated heterocycles. The molecule has 24 heavy (non-hydrogen) atoms. The lowest BCUT2D eigenvalue weighted by Gasteiger charge is -2.18. The first-order chi connectivity index (χ1) is 11.4. The van der Waals surface area contributed by atoms with Gasteiger partial charge in [-0.1, -0.05) is 6.07 Å². The fourth-order valence-electron chi connectivity index (χ4n) is 1.77. The number of nitrogens with zero attached hydrogens (tertiary/aromatic N) is 2. The van der Waals surface area contributed by atoms with E-state index in [1.165, 1.54) is 36.9 Å². The summed E-state index contributed by atoms with van der Waals surface area (Å²) in [5.41, 5.74) is -0.150. The van der Waals surface area contributed by atoms with Crippen LogP contribution in [0.3, 0.4) is 0 Å². The summed E-state index contributed by atoms with van der Waals surface area (Å²) in [5, 5.41) is 22.0. The molecule has 8 nitrogen and oxygen atoms in total. The van der Waals surface area contributed by atoms with Gasteiger partial charge in [0.05, 0.1) is 4.92 Å². The number of amides is 1. The van der Waals surface area contributed by atoms with E-state index >= 15 is 0 Å². The average Bonchev–Trinajstić information content (AvgIpc) is 2.58. The van der Waals surface area contributed by atoms with Crippen molar-refractivity contribution >= 4 is 29.3 Å². The summed E-state index contributed by atoms with van der Waals surface area (Å²) in [6.45, 7) is 1.42. The zero-order valence-corrected chi connectivity index (χ0v) is 14.0. The monoisotopic (exact) mass is 351 g/mol. The van der Waals surface area contributed by atoms with Crippen molar-refractivity contribution in [3.8, 4) is 6.07 Å². The van der Waals surface area contributed by atoms with Gasteiger partial charge in [-0.2, -0.15) is 17.0 Å². The van der Waals surface area contributed by atoms with Gasteiger partial charge in [-0.15, -0.1) is 0 Å². The number of thioether (sulfide) groups is 1. The summed E-state index contributed by atoms with van der Waals surface area (Å²) in [5.74, 6) is -0.737. The molecule has 0 unspecified atom stereocenters. The second-order valence-electron chi connectivity index (χ2n) is 4.82. The second kappa shape index (κ2) is 9.52. The van der Waals surface area contributed by atoms with Gasteiger partial charge < -0.3 is 10.1 Å². The zero-order chi connectivity index (χ0) is 18.1. The van der Waals surface area contributed by atoms with Crippen molar-refractivity contribution in [3.63, 3.8) is 0 Å². The van der Waals surface area contributed by atoms with Gasteiger partial charge in [-0.3, -0.25) is 14.9 Å². The Bertz CT molecular complexity index is 659. The molecule has 0 spiro atoms. The number of carbonyl (C=O) groups excluding carboxylic acids is 2. The van der Waals surface area contributed by atoms with E-state index in [4.69, 9.17) is 10.00 Å². The lowest BCUT2D eigenvalue weighted by atomic mass is 10.1. The van der Waals surface area contributed by atoms with E-state index in [9.17, 15) is 19.7 Å².